The van der Waals surface area contributed by atoms with Gasteiger partial charge in [-0.25, -0.2) is 0 Å². The summed E-state index contributed by atoms with van der Waals surface area (Å²) in [6, 6.07) is 13.6. The highest BCUT2D eigenvalue weighted by atomic mass is 16.6. The van der Waals surface area contributed by atoms with Crippen LogP contribution in [0.4, 0.5) is 5.69 Å². The van der Waals surface area contributed by atoms with E-state index < -0.39 is 4.92 Å². The Hall–Kier alpha value is -2.27. The molecule has 2 aromatic rings. The average molecular weight is 285 g/mol. The van der Waals surface area contributed by atoms with Crippen LogP contribution < -0.4 is 5.32 Å². The number of hydrogen-bond acceptors (Lipinski definition) is 4. The molecular formula is C16H19N3O2. The lowest BCUT2D eigenvalue weighted by Gasteiger charge is -2.18. The summed E-state index contributed by atoms with van der Waals surface area (Å²) < 4.78 is 0. The van der Waals surface area contributed by atoms with E-state index in [1.807, 2.05) is 18.2 Å². The predicted molar refractivity (Wildman–Crippen MR) is 82.2 cm³/mol. The molecule has 5 nitrogen and oxygen atoms in total. The van der Waals surface area contributed by atoms with Crippen molar-refractivity contribution in [2.75, 3.05) is 6.54 Å². The van der Waals surface area contributed by atoms with Gasteiger partial charge in [0.25, 0.3) is 5.69 Å². The van der Waals surface area contributed by atoms with Crippen molar-refractivity contribution in [3.8, 4) is 0 Å². The Bertz CT molecular complexity index is 614. The van der Waals surface area contributed by atoms with Gasteiger partial charge in [-0.1, -0.05) is 37.3 Å². The number of nitrogens with zero attached hydrogens (tertiary/aromatic N) is 2. The first-order valence-electron chi connectivity index (χ1n) is 7.01. The Labute approximate surface area is 124 Å². The number of aromatic nitrogens is 1. The van der Waals surface area contributed by atoms with Crippen LogP contribution in [0.1, 0.15) is 29.9 Å². The van der Waals surface area contributed by atoms with E-state index in [4.69, 9.17) is 0 Å². The Balaban J connectivity index is 2.21. The Kier molecular flexibility index (Phi) is 5.00. The fourth-order valence-electron chi connectivity index (χ4n) is 2.36. The van der Waals surface area contributed by atoms with Crippen LogP contribution in [0.2, 0.25) is 0 Å². The van der Waals surface area contributed by atoms with Gasteiger partial charge in [0.1, 0.15) is 5.69 Å². The fraction of sp³-hybridized carbons (Fsp3) is 0.312. The highest BCUT2D eigenvalue weighted by Gasteiger charge is 2.15. The standard InChI is InChI=1S/C16H19N3O2/c1-3-17-15(13-7-5-4-6-8-13)11-14-9-10-16(19(20)21)12(2)18-14/h4-10,15,17H,3,11H2,1-2H3. The van der Waals surface area contributed by atoms with E-state index in [0.29, 0.717) is 12.1 Å². The molecule has 0 bridgehead atoms. The Morgan fingerprint density at radius 3 is 2.52 bits per heavy atom. The van der Waals surface area contributed by atoms with Crippen LogP contribution in [-0.4, -0.2) is 16.5 Å². The molecule has 2 rings (SSSR count). The molecule has 1 aromatic carbocycles. The van der Waals surface area contributed by atoms with E-state index in [1.54, 1.807) is 13.0 Å². The summed E-state index contributed by atoms with van der Waals surface area (Å²) in [5.41, 5.74) is 2.57. The zero-order valence-corrected chi connectivity index (χ0v) is 12.2. The number of benzene rings is 1. The average Bonchev–Trinajstić information content (AvgIpc) is 2.47. The smallest absolute Gasteiger partial charge is 0.290 e. The SMILES string of the molecule is CCNC(Cc1ccc([N+](=O)[O-])c(C)n1)c1ccccc1. The second-order valence-corrected chi connectivity index (χ2v) is 4.89. The largest absolute Gasteiger partial charge is 0.310 e. The predicted octanol–water partition coefficient (Wildman–Crippen LogP) is 3.19. The van der Waals surface area contributed by atoms with Crippen molar-refractivity contribution in [3.63, 3.8) is 0 Å². The van der Waals surface area contributed by atoms with Crippen molar-refractivity contribution >= 4 is 5.69 Å². The molecule has 21 heavy (non-hydrogen) atoms. The molecule has 1 heterocycles. The number of likely N-dealkylation sites (N-methyl/N-ethyl adjacent to an activating group) is 1. The molecule has 0 saturated carbocycles. The molecule has 0 fully saturated rings. The molecule has 0 amide bonds. The highest BCUT2D eigenvalue weighted by molar-refractivity contribution is 5.35. The van der Waals surface area contributed by atoms with E-state index in [-0.39, 0.29) is 11.7 Å². The van der Waals surface area contributed by atoms with Crippen molar-refractivity contribution in [3.05, 3.63) is 69.5 Å². The van der Waals surface area contributed by atoms with Gasteiger partial charge in [-0.15, -0.1) is 0 Å². The molecule has 0 saturated heterocycles. The number of nitrogens with one attached hydrogen (secondary N) is 1. The monoisotopic (exact) mass is 285 g/mol. The summed E-state index contributed by atoms with van der Waals surface area (Å²) in [5.74, 6) is 0. The molecule has 0 spiro atoms. The van der Waals surface area contributed by atoms with E-state index in [0.717, 1.165) is 12.2 Å². The summed E-state index contributed by atoms with van der Waals surface area (Å²) >= 11 is 0. The van der Waals surface area contributed by atoms with Crippen molar-refractivity contribution < 1.29 is 4.92 Å². The molecule has 5 heteroatoms. The third-order valence-electron chi connectivity index (χ3n) is 3.38. The zero-order valence-electron chi connectivity index (χ0n) is 12.2. The van der Waals surface area contributed by atoms with Crippen molar-refractivity contribution in [2.45, 2.75) is 26.3 Å². The van der Waals surface area contributed by atoms with E-state index >= 15 is 0 Å². The maximum absolute atomic E-state index is 10.8. The first kappa shape index (κ1) is 15.1. The lowest BCUT2D eigenvalue weighted by atomic mass is 10.0. The molecule has 0 radical (unpaired) electrons. The van der Waals surface area contributed by atoms with Gasteiger partial charge in [-0.05, 0) is 25.1 Å². The van der Waals surface area contributed by atoms with E-state index in [9.17, 15) is 10.1 Å². The second-order valence-electron chi connectivity index (χ2n) is 4.89. The third kappa shape index (κ3) is 3.86. The third-order valence-corrected chi connectivity index (χ3v) is 3.38. The zero-order chi connectivity index (χ0) is 15.2. The van der Waals surface area contributed by atoms with Crippen molar-refractivity contribution in [2.24, 2.45) is 0 Å². The molecule has 0 aliphatic carbocycles. The van der Waals surface area contributed by atoms with E-state index in [1.165, 1.54) is 11.6 Å². The fourth-order valence-corrected chi connectivity index (χ4v) is 2.36. The molecule has 1 atom stereocenters. The topological polar surface area (TPSA) is 68.1 Å². The first-order chi connectivity index (χ1) is 10.1. The molecular weight excluding hydrogens is 266 g/mol. The summed E-state index contributed by atoms with van der Waals surface area (Å²) in [6.45, 7) is 4.59. The van der Waals surface area contributed by atoms with Crippen LogP contribution >= 0.6 is 0 Å². The lowest BCUT2D eigenvalue weighted by Crippen LogP contribution is -2.23. The molecule has 0 aliphatic rings. The van der Waals surface area contributed by atoms with Gasteiger partial charge in [0.2, 0.25) is 0 Å². The van der Waals surface area contributed by atoms with Gasteiger partial charge in [0.15, 0.2) is 0 Å². The maximum Gasteiger partial charge on any atom is 0.290 e. The normalized spacial score (nSPS) is 12.1. The van der Waals surface area contributed by atoms with Crippen LogP contribution in [0, 0.1) is 17.0 Å². The van der Waals surface area contributed by atoms with Gasteiger partial charge in [-0.2, -0.15) is 0 Å². The van der Waals surface area contributed by atoms with Gasteiger partial charge in [0.05, 0.1) is 4.92 Å². The number of nitro groups is 1. The lowest BCUT2D eigenvalue weighted by molar-refractivity contribution is -0.385. The molecule has 0 aliphatic heterocycles. The van der Waals surface area contributed by atoms with Crippen LogP contribution in [0.3, 0.4) is 0 Å². The van der Waals surface area contributed by atoms with Crippen LogP contribution in [0.25, 0.3) is 0 Å². The van der Waals surface area contributed by atoms with Crippen molar-refractivity contribution in [1.82, 2.24) is 10.3 Å². The van der Waals surface area contributed by atoms with Crippen LogP contribution in [-0.2, 0) is 6.42 Å². The first-order valence-corrected chi connectivity index (χ1v) is 7.01. The molecule has 1 aromatic heterocycles. The summed E-state index contributed by atoms with van der Waals surface area (Å²) in [4.78, 5) is 14.8. The van der Waals surface area contributed by atoms with Gasteiger partial charge >= 0.3 is 0 Å². The van der Waals surface area contributed by atoms with Crippen molar-refractivity contribution in [1.29, 1.82) is 0 Å². The Morgan fingerprint density at radius 1 is 1.24 bits per heavy atom. The number of rotatable bonds is 6. The molecule has 110 valence electrons. The summed E-state index contributed by atoms with van der Waals surface area (Å²) in [6.07, 6.45) is 0.705. The second kappa shape index (κ2) is 6.95. The summed E-state index contributed by atoms with van der Waals surface area (Å²) in [7, 11) is 0. The minimum atomic E-state index is -0.398. The molecule has 1 N–H and O–H groups in total. The van der Waals surface area contributed by atoms with Gasteiger partial charge < -0.3 is 5.32 Å². The number of hydrogen-bond donors (Lipinski definition) is 1. The quantitative estimate of drug-likeness (QED) is 0.653. The summed E-state index contributed by atoms with van der Waals surface area (Å²) in [5, 5.41) is 14.3. The minimum absolute atomic E-state index is 0.0680. The molecule has 1 unspecified atom stereocenters. The number of aryl methyl sites for hydroxylation is 1. The van der Waals surface area contributed by atoms with Gasteiger partial charge in [0, 0.05) is 24.2 Å². The van der Waals surface area contributed by atoms with Gasteiger partial charge in [-0.3, -0.25) is 15.1 Å². The van der Waals surface area contributed by atoms with Crippen LogP contribution in [0.5, 0.6) is 0 Å². The minimum Gasteiger partial charge on any atom is -0.310 e. The maximum atomic E-state index is 10.8. The van der Waals surface area contributed by atoms with E-state index in [2.05, 4.69) is 29.4 Å². The Morgan fingerprint density at radius 2 is 1.95 bits per heavy atom. The number of pyridine rings is 1. The van der Waals surface area contributed by atoms with Crippen LogP contribution in [0.15, 0.2) is 42.5 Å². The highest BCUT2D eigenvalue weighted by Crippen LogP contribution is 2.20.